The van der Waals surface area contributed by atoms with Crippen LogP contribution < -0.4 is 15.4 Å². The monoisotopic (exact) mass is 328 g/mol. The predicted molar refractivity (Wildman–Crippen MR) is 93.0 cm³/mol. The summed E-state index contributed by atoms with van der Waals surface area (Å²) in [5, 5.41) is 5.62. The van der Waals surface area contributed by atoms with Crippen molar-refractivity contribution in [2.75, 3.05) is 11.9 Å². The molecule has 0 saturated heterocycles. The normalized spacial score (nSPS) is 22.8. The molecule has 5 heteroatoms. The van der Waals surface area contributed by atoms with Crippen molar-refractivity contribution in [3.8, 4) is 5.75 Å². The average molecular weight is 328 g/mol. The minimum atomic E-state index is -1.54. The Labute approximate surface area is 142 Å². The predicted octanol–water partition coefficient (Wildman–Crippen LogP) is 3.09. The zero-order chi connectivity index (χ0) is 17.2. The molecule has 5 nitrogen and oxygen atoms in total. The Kier molecular flexibility index (Phi) is 4.60. The van der Waals surface area contributed by atoms with Crippen molar-refractivity contribution in [2.24, 2.45) is 0 Å². The molecule has 0 bridgehead atoms. The summed E-state index contributed by atoms with van der Waals surface area (Å²) in [5.74, 6) is -0.314. The number of benzene rings is 1. The van der Waals surface area contributed by atoms with Crippen LogP contribution in [0.3, 0.4) is 0 Å². The number of aryl methyl sites for hydroxylation is 1. The van der Waals surface area contributed by atoms with Gasteiger partial charge in [0, 0.05) is 6.54 Å². The Bertz CT molecular complexity index is 696. The average Bonchev–Trinajstić information content (AvgIpc) is 2.57. The van der Waals surface area contributed by atoms with Crippen LogP contribution in [0.2, 0.25) is 0 Å². The fourth-order valence-electron chi connectivity index (χ4n) is 3.12. The Balaban J connectivity index is 1.64. The highest BCUT2D eigenvalue weighted by Crippen LogP contribution is 2.34. The molecular formula is C19H24N2O3. The van der Waals surface area contributed by atoms with Crippen LogP contribution in [0.15, 0.2) is 29.8 Å². The summed E-state index contributed by atoms with van der Waals surface area (Å²) in [6.45, 7) is 3.98. The smallest absolute Gasteiger partial charge is 0.278 e. The minimum absolute atomic E-state index is 0.400. The molecule has 2 N–H and O–H groups in total. The van der Waals surface area contributed by atoms with Gasteiger partial charge in [-0.1, -0.05) is 17.7 Å². The summed E-state index contributed by atoms with van der Waals surface area (Å²) < 4.78 is 5.75. The molecule has 0 saturated carbocycles. The van der Waals surface area contributed by atoms with E-state index >= 15 is 0 Å². The van der Waals surface area contributed by atoms with Crippen molar-refractivity contribution in [3.05, 3.63) is 35.4 Å². The van der Waals surface area contributed by atoms with E-state index in [1.807, 2.05) is 19.1 Å². The molecule has 1 heterocycles. The molecule has 24 heavy (non-hydrogen) atoms. The zero-order valence-electron chi connectivity index (χ0n) is 14.3. The Morgan fingerprint density at radius 3 is 2.96 bits per heavy atom. The zero-order valence-corrected chi connectivity index (χ0v) is 14.3. The molecule has 1 aliphatic carbocycles. The molecule has 0 fully saturated rings. The summed E-state index contributed by atoms with van der Waals surface area (Å²) in [6.07, 6.45) is 7.80. The van der Waals surface area contributed by atoms with Crippen molar-refractivity contribution >= 4 is 17.5 Å². The maximum absolute atomic E-state index is 12.5. The number of amides is 2. The first-order valence-corrected chi connectivity index (χ1v) is 8.56. The number of fused-ring (bicyclic) bond motifs is 1. The second-order valence-corrected chi connectivity index (χ2v) is 6.70. The molecule has 0 aromatic heterocycles. The highest BCUT2D eigenvalue weighted by Gasteiger charge is 2.47. The van der Waals surface area contributed by atoms with E-state index in [1.54, 1.807) is 6.07 Å². The number of hydrogen-bond acceptors (Lipinski definition) is 3. The number of rotatable bonds is 4. The van der Waals surface area contributed by atoms with Crippen LogP contribution >= 0.6 is 0 Å². The van der Waals surface area contributed by atoms with Gasteiger partial charge in [0.1, 0.15) is 5.75 Å². The van der Waals surface area contributed by atoms with Gasteiger partial charge in [0.25, 0.3) is 17.4 Å². The number of allylic oxidation sites excluding steroid dienone is 1. The van der Waals surface area contributed by atoms with Crippen molar-refractivity contribution in [3.63, 3.8) is 0 Å². The third kappa shape index (κ3) is 3.30. The molecule has 2 aliphatic rings. The second kappa shape index (κ2) is 6.67. The van der Waals surface area contributed by atoms with Crippen LogP contribution in [0.4, 0.5) is 5.69 Å². The van der Waals surface area contributed by atoms with Crippen LogP contribution in [0.5, 0.6) is 5.75 Å². The van der Waals surface area contributed by atoms with Gasteiger partial charge in [-0.2, -0.15) is 0 Å². The molecule has 128 valence electrons. The topological polar surface area (TPSA) is 67.4 Å². The van der Waals surface area contributed by atoms with E-state index in [4.69, 9.17) is 4.74 Å². The summed E-state index contributed by atoms with van der Waals surface area (Å²) >= 11 is 0. The van der Waals surface area contributed by atoms with Crippen molar-refractivity contribution in [1.82, 2.24) is 5.32 Å². The van der Waals surface area contributed by atoms with Crippen LogP contribution in [0.1, 0.15) is 44.6 Å². The van der Waals surface area contributed by atoms with Gasteiger partial charge >= 0.3 is 0 Å². The summed E-state index contributed by atoms with van der Waals surface area (Å²) in [5.41, 5.74) is 1.48. The van der Waals surface area contributed by atoms with Crippen molar-refractivity contribution in [1.29, 1.82) is 0 Å². The van der Waals surface area contributed by atoms with E-state index in [0.29, 0.717) is 18.0 Å². The van der Waals surface area contributed by atoms with Gasteiger partial charge in [-0.25, -0.2) is 0 Å². The van der Waals surface area contributed by atoms with E-state index < -0.39 is 17.4 Å². The lowest BCUT2D eigenvalue weighted by Gasteiger charge is -2.33. The van der Waals surface area contributed by atoms with Crippen LogP contribution in [-0.4, -0.2) is 24.0 Å². The Hall–Kier alpha value is -2.30. The minimum Gasteiger partial charge on any atom is -0.466 e. The second-order valence-electron chi connectivity index (χ2n) is 6.70. The largest absolute Gasteiger partial charge is 0.466 e. The van der Waals surface area contributed by atoms with Gasteiger partial charge in [-0.15, -0.1) is 0 Å². The number of carbonyl (C=O) groups excluding carboxylic acids is 2. The molecule has 1 atom stereocenters. The molecule has 0 unspecified atom stereocenters. The number of hydrogen-bond donors (Lipinski definition) is 2. The molecule has 2 amide bonds. The first-order valence-electron chi connectivity index (χ1n) is 8.56. The molecule has 1 aliphatic heterocycles. The number of nitrogens with one attached hydrogen (secondary N) is 2. The lowest BCUT2D eigenvalue weighted by Crippen LogP contribution is -2.58. The highest BCUT2D eigenvalue weighted by atomic mass is 16.5. The molecule has 3 rings (SSSR count). The fourth-order valence-corrected chi connectivity index (χ4v) is 3.12. The molecule has 1 aromatic rings. The fraction of sp³-hybridized carbons (Fsp3) is 0.474. The van der Waals surface area contributed by atoms with Gasteiger partial charge in [0.15, 0.2) is 0 Å². The Morgan fingerprint density at radius 2 is 2.21 bits per heavy atom. The van der Waals surface area contributed by atoms with Gasteiger partial charge < -0.3 is 15.4 Å². The maximum atomic E-state index is 12.5. The SMILES string of the molecule is Cc1ccc2c(c1)NC(=O)[C@@](C)(C(=O)NCCC1=CCCCC1)O2. The van der Waals surface area contributed by atoms with Crippen molar-refractivity contribution in [2.45, 2.75) is 51.6 Å². The summed E-state index contributed by atoms with van der Waals surface area (Å²) in [7, 11) is 0. The van der Waals surface area contributed by atoms with Gasteiger partial charge in [0.05, 0.1) is 5.69 Å². The van der Waals surface area contributed by atoms with E-state index in [-0.39, 0.29) is 0 Å². The van der Waals surface area contributed by atoms with E-state index in [1.165, 1.54) is 25.3 Å². The molecular weight excluding hydrogens is 304 g/mol. The third-order valence-electron chi connectivity index (χ3n) is 4.68. The highest BCUT2D eigenvalue weighted by molar-refractivity contribution is 6.15. The summed E-state index contributed by atoms with van der Waals surface area (Å²) in [6, 6.07) is 5.51. The molecule has 1 aromatic carbocycles. The Morgan fingerprint density at radius 1 is 1.38 bits per heavy atom. The lowest BCUT2D eigenvalue weighted by atomic mass is 9.97. The van der Waals surface area contributed by atoms with Gasteiger partial charge in [-0.05, 0) is 63.6 Å². The van der Waals surface area contributed by atoms with Crippen molar-refractivity contribution < 1.29 is 14.3 Å². The first kappa shape index (κ1) is 16.6. The standard InChI is InChI=1S/C19H24N2O3/c1-13-8-9-16-15(12-13)21-18(23)19(2,24-16)17(22)20-11-10-14-6-4-3-5-7-14/h6,8-9,12H,3-5,7,10-11H2,1-2H3,(H,20,22)(H,21,23)/t19-/m1/s1. The van der Waals surface area contributed by atoms with Crippen LogP contribution in [0.25, 0.3) is 0 Å². The molecule has 0 spiro atoms. The molecule has 0 radical (unpaired) electrons. The van der Waals surface area contributed by atoms with E-state index in [9.17, 15) is 9.59 Å². The number of ether oxygens (including phenoxy) is 1. The van der Waals surface area contributed by atoms with Crippen LogP contribution in [-0.2, 0) is 9.59 Å². The number of carbonyl (C=O) groups is 2. The third-order valence-corrected chi connectivity index (χ3v) is 4.68. The van der Waals surface area contributed by atoms with Gasteiger partial charge in [0.2, 0.25) is 0 Å². The maximum Gasteiger partial charge on any atom is 0.278 e. The summed E-state index contributed by atoms with van der Waals surface area (Å²) in [4.78, 5) is 24.9. The van der Waals surface area contributed by atoms with E-state index in [0.717, 1.165) is 24.8 Å². The van der Waals surface area contributed by atoms with Gasteiger partial charge in [-0.3, -0.25) is 9.59 Å². The first-order chi connectivity index (χ1) is 11.5. The lowest BCUT2D eigenvalue weighted by molar-refractivity contribution is -0.146. The van der Waals surface area contributed by atoms with Crippen LogP contribution in [0, 0.1) is 6.92 Å². The quantitative estimate of drug-likeness (QED) is 0.659. The van der Waals surface area contributed by atoms with E-state index in [2.05, 4.69) is 16.7 Å². The number of anilines is 1.